The van der Waals surface area contributed by atoms with Crippen molar-refractivity contribution >= 4 is 16.7 Å². The van der Waals surface area contributed by atoms with Crippen LogP contribution in [-0.4, -0.2) is 58.6 Å². The monoisotopic (exact) mass is 349 g/mol. The van der Waals surface area contributed by atoms with Gasteiger partial charge in [-0.2, -0.15) is 10.2 Å². The highest BCUT2D eigenvalue weighted by atomic mass is 32.2. The molecule has 130 valence electrons. The lowest BCUT2D eigenvalue weighted by Gasteiger charge is -2.36. The maximum Gasteiger partial charge on any atom is 0.271 e. The highest BCUT2D eigenvalue weighted by molar-refractivity contribution is 7.86. The van der Waals surface area contributed by atoms with Crippen LogP contribution in [0.3, 0.4) is 0 Å². The molecule has 0 bridgehead atoms. The topological polar surface area (TPSA) is 83.9 Å². The van der Waals surface area contributed by atoms with E-state index in [0.717, 1.165) is 22.6 Å². The molecule has 2 aromatic rings. The number of H-pyrrole nitrogens is 1. The molecule has 1 saturated heterocycles. The van der Waals surface area contributed by atoms with Gasteiger partial charge in [-0.1, -0.05) is 0 Å². The van der Waals surface area contributed by atoms with Crippen LogP contribution in [0.5, 0.6) is 0 Å². The molecule has 3 rings (SSSR count). The van der Waals surface area contributed by atoms with E-state index in [1.807, 2.05) is 39.4 Å². The van der Waals surface area contributed by atoms with Gasteiger partial charge in [0.15, 0.2) is 0 Å². The van der Waals surface area contributed by atoms with Crippen LogP contribution in [0, 0.1) is 13.8 Å². The van der Waals surface area contributed by atoms with Crippen molar-refractivity contribution in [3.05, 3.63) is 23.1 Å². The van der Waals surface area contributed by atoms with Crippen LogP contribution in [0.25, 0.3) is 11.3 Å². The summed E-state index contributed by atoms with van der Waals surface area (Å²) in [5.74, 6) is 0.415. The summed E-state index contributed by atoms with van der Waals surface area (Å²) in [5.41, 5.74) is 4.02. The van der Waals surface area contributed by atoms with Crippen molar-refractivity contribution in [1.82, 2.24) is 24.9 Å². The van der Waals surface area contributed by atoms with Gasteiger partial charge in [-0.15, -0.1) is 0 Å². The smallest absolute Gasteiger partial charge is 0.271 e. The van der Waals surface area contributed by atoms with Crippen LogP contribution in [0.2, 0.25) is 0 Å². The second-order valence-electron chi connectivity index (χ2n) is 6.87. The molecule has 7 nitrogen and oxygen atoms in total. The first kappa shape index (κ1) is 16.9. The van der Waals surface area contributed by atoms with Gasteiger partial charge in [0.1, 0.15) is 5.69 Å². The zero-order valence-corrected chi connectivity index (χ0v) is 15.5. The molecule has 3 heterocycles. The minimum atomic E-state index is -0.903. The summed E-state index contributed by atoms with van der Waals surface area (Å²) < 4.78 is 13.5. The number of carbonyl (C=O) groups is 1. The predicted octanol–water partition coefficient (Wildman–Crippen LogP) is 1.41. The van der Waals surface area contributed by atoms with Gasteiger partial charge in [0, 0.05) is 47.9 Å². The molecule has 1 aliphatic rings. The van der Waals surface area contributed by atoms with Crippen molar-refractivity contribution in [2.45, 2.75) is 32.4 Å². The third kappa shape index (κ3) is 2.79. The molecule has 1 N–H and O–H groups in total. The van der Waals surface area contributed by atoms with Crippen LogP contribution >= 0.6 is 0 Å². The first-order valence-corrected chi connectivity index (χ1v) is 9.26. The Balaban J connectivity index is 1.86. The van der Waals surface area contributed by atoms with Crippen molar-refractivity contribution in [3.8, 4) is 11.3 Å². The van der Waals surface area contributed by atoms with Crippen LogP contribution in [0.4, 0.5) is 0 Å². The molecule has 1 fully saturated rings. The fourth-order valence-electron chi connectivity index (χ4n) is 3.13. The number of carbonyl (C=O) groups excluding carboxylic acids is 1. The first-order valence-electron chi connectivity index (χ1n) is 7.94. The van der Waals surface area contributed by atoms with E-state index in [4.69, 9.17) is 0 Å². The molecule has 1 atom stereocenters. The van der Waals surface area contributed by atoms with E-state index in [0.29, 0.717) is 24.5 Å². The lowest BCUT2D eigenvalue weighted by Crippen LogP contribution is -2.52. The third-order valence-corrected chi connectivity index (χ3v) is 6.51. The molecule has 1 amide bonds. The number of aromatic amines is 1. The third-order valence-electron chi connectivity index (χ3n) is 4.60. The van der Waals surface area contributed by atoms with Crippen molar-refractivity contribution in [3.63, 3.8) is 0 Å². The molecule has 0 unspecified atom stereocenters. The maximum atomic E-state index is 12.7. The van der Waals surface area contributed by atoms with Gasteiger partial charge < -0.3 is 4.90 Å². The Morgan fingerprint density at radius 1 is 1.38 bits per heavy atom. The van der Waals surface area contributed by atoms with E-state index in [1.165, 1.54) is 0 Å². The quantitative estimate of drug-likeness (QED) is 0.888. The van der Waals surface area contributed by atoms with E-state index >= 15 is 0 Å². The molecule has 0 spiro atoms. The zero-order valence-electron chi connectivity index (χ0n) is 14.7. The molecule has 2 aromatic heterocycles. The summed E-state index contributed by atoms with van der Waals surface area (Å²) >= 11 is 0. The lowest BCUT2D eigenvalue weighted by atomic mass is 10.1. The summed E-state index contributed by atoms with van der Waals surface area (Å²) in [7, 11) is 0.987. The number of hydrogen-bond donors (Lipinski definition) is 1. The van der Waals surface area contributed by atoms with E-state index in [1.54, 1.807) is 11.0 Å². The van der Waals surface area contributed by atoms with Gasteiger partial charge in [0.25, 0.3) is 5.91 Å². The van der Waals surface area contributed by atoms with Gasteiger partial charge in [0.2, 0.25) is 0 Å². The summed E-state index contributed by atoms with van der Waals surface area (Å²) in [6.45, 7) is 8.77. The van der Waals surface area contributed by atoms with E-state index in [-0.39, 0.29) is 10.7 Å². The van der Waals surface area contributed by atoms with Crippen molar-refractivity contribution in [2.24, 2.45) is 7.05 Å². The summed E-state index contributed by atoms with van der Waals surface area (Å²) in [6, 6.07) is 1.78. The lowest BCUT2D eigenvalue weighted by molar-refractivity contribution is 0.0740. The largest absolute Gasteiger partial charge is 0.335 e. The van der Waals surface area contributed by atoms with Crippen LogP contribution in [0.1, 0.15) is 35.7 Å². The van der Waals surface area contributed by atoms with Crippen molar-refractivity contribution in [1.29, 1.82) is 0 Å². The number of hydrogen-bond acceptors (Lipinski definition) is 4. The molecule has 0 aromatic carbocycles. The predicted molar refractivity (Wildman–Crippen MR) is 93.3 cm³/mol. The van der Waals surface area contributed by atoms with Crippen LogP contribution in [-0.2, 0) is 17.8 Å². The Kier molecular flexibility index (Phi) is 4.11. The number of rotatable bonds is 2. The minimum Gasteiger partial charge on any atom is -0.335 e. The maximum absolute atomic E-state index is 12.7. The number of amides is 1. The van der Waals surface area contributed by atoms with Gasteiger partial charge in [-0.05, 0) is 33.8 Å². The van der Waals surface area contributed by atoms with Crippen LogP contribution in [0.15, 0.2) is 6.07 Å². The Hall–Kier alpha value is -1.96. The van der Waals surface area contributed by atoms with Gasteiger partial charge in [0.05, 0.1) is 16.1 Å². The number of aryl methyl sites for hydroxylation is 2. The Labute approximate surface area is 143 Å². The second kappa shape index (κ2) is 5.84. The first-order chi connectivity index (χ1) is 11.2. The average Bonchev–Trinajstić information content (AvgIpc) is 3.07. The molecule has 1 aliphatic heterocycles. The highest BCUT2D eigenvalue weighted by Crippen LogP contribution is 2.26. The van der Waals surface area contributed by atoms with Gasteiger partial charge in [-0.25, -0.2) is 0 Å². The number of aromatic nitrogens is 4. The summed E-state index contributed by atoms with van der Waals surface area (Å²) in [5, 5.41) is 11.5. The normalized spacial score (nSPS) is 20.4. The molecule has 0 radical (unpaired) electrons. The SMILES string of the molecule is Cc1nn(C)c(C)c1-c1cc(C(=O)N2CC[S@](=O)C(C)(C)C2)[nH]n1. The molecule has 8 heteroatoms. The average molecular weight is 349 g/mol. The van der Waals surface area contributed by atoms with E-state index in [9.17, 15) is 9.00 Å². The number of nitrogens with zero attached hydrogens (tertiary/aromatic N) is 4. The fourth-order valence-corrected chi connectivity index (χ4v) is 4.37. The van der Waals surface area contributed by atoms with E-state index < -0.39 is 10.8 Å². The number of nitrogens with one attached hydrogen (secondary N) is 1. The summed E-state index contributed by atoms with van der Waals surface area (Å²) in [4.78, 5) is 14.5. The van der Waals surface area contributed by atoms with Crippen molar-refractivity contribution < 1.29 is 9.00 Å². The Bertz CT molecular complexity index is 821. The zero-order chi connectivity index (χ0) is 17.6. The molecule has 0 aliphatic carbocycles. The standard InChI is InChI=1S/C16H23N5O2S/c1-10-14(11(2)20(5)19-10)12-8-13(18-17-12)15(22)21-6-7-24(23)16(3,4)9-21/h8H,6-7,9H2,1-5H3,(H,17,18)/t24-/m0/s1. The molecule has 24 heavy (non-hydrogen) atoms. The summed E-state index contributed by atoms with van der Waals surface area (Å²) in [6.07, 6.45) is 0. The Morgan fingerprint density at radius 3 is 2.67 bits per heavy atom. The molecular weight excluding hydrogens is 326 g/mol. The van der Waals surface area contributed by atoms with Crippen LogP contribution < -0.4 is 0 Å². The Morgan fingerprint density at radius 2 is 2.08 bits per heavy atom. The van der Waals surface area contributed by atoms with Crippen molar-refractivity contribution in [2.75, 3.05) is 18.8 Å². The molecular formula is C16H23N5O2S. The molecule has 0 saturated carbocycles. The van der Waals surface area contributed by atoms with Gasteiger partial charge in [-0.3, -0.25) is 18.8 Å². The minimum absolute atomic E-state index is 0.0993. The van der Waals surface area contributed by atoms with Gasteiger partial charge >= 0.3 is 0 Å². The van der Waals surface area contributed by atoms with E-state index in [2.05, 4.69) is 15.3 Å². The highest BCUT2D eigenvalue weighted by Gasteiger charge is 2.36. The fraction of sp³-hybridized carbons (Fsp3) is 0.562. The second-order valence-corrected chi connectivity index (χ2v) is 9.08.